The predicted octanol–water partition coefficient (Wildman–Crippen LogP) is 2.52. The van der Waals surface area contributed by atoms with E-state index >= 15 is 0 Å². The van der Waals surface area contributed by atoms with Gasteiger partial charge in [-0.2, -0.15) is 0 Å². The highest BCUT2D eigenvalue weighted by Crippen LogP contribution is 2.31. The minimum atomic E-state index is 0.258. The Morgan fingerprint density at radius 1 is 1.14 bits per heavy atom. The molecule has 1 aliphatic carbocycles. The number of rotatable bonds is 3. The summed E-state index contributed by atoms with van der Waals surface area (Å²) in [7, 11) is 0. The molecule has 1 aliphatic heterocycles. The standard InChI is InChI=1S/C17H20N4O/c22-17(14-7-4-8-14)20-10-9-15(11-20)21-12-16(18-19-21)13-5-2-1-3-6-13/h1-3,5-6,12,14-15H,4,7-11H2/t15-/m1/s1. The Bertz CT molecular complexity index is 662. The highest BCUT2D eigenvalue weighted by Gasteiger charge is 2.34. The number of nitrogens with zero attached hydrogens (tertiary/aromatic N) is 4. The molecule has 2 aromatic rings. The van der Waals surface area contributed by atoms with Crippen molar-refractivity contribution in [2.24, 2.45) is 5.92 Å². The summed E-state index contributed by atoms with van der Waals surface area (Å²) < 4.78 is 1.93. The summed E-state index contributed by atoms with van der Waals surface area (Å²) >= 11 is 0. The summed E-state index contributed by atoms with van der Waals surface area (Å²) in [5.74, 6) is 0.631. The van der Waals surface area contributed by atoms with E-state index in [0.29, 0.717) is 5.91 Å². The number of benzene rings is 1. The third-order valence-corrected chi connectivity index (χ3v) is 4.88. The van der Waals surface area contributed by atoms with Crippen LogP contribution < -0.4 is 0 Å². The maximum absolute atomic E-state index is 12.3. The molecule has 0 radical (unpaired) electrons. The third-order valence-electron chi connectivity index (χ3n) is 4.88. The van der Waals surface area contributed by atoms with Crippen molar-refractivity contribution in [2.45, 2.75) is 31.7 Å². The minimum absolute atomic E-state index is 0.258. The lowest BCUT2D eigenvalue weighted by Gasteiger charge is -2.29. The van der Waals surface area contributed by atoms with E-state index in [-0.39, 0.29) is 12.0 Å². The van der Waals surface area contributed by atoms with Gasteiger partial charge in [-0.15, -0.1) is 5.10 Å². The molecule has 1 saturated heterocycles. The first-order valence-electron chi connectivity index (χ1n) is 8.07. The Labute approximate surface area is 129 Å². The SMILES string of the molecule is O=C(C1CCC1)N1CC[C@@H](n2cc(-c3ccccc3)nn2)C1. The van der Waals surface area contributed by atoms with Crippen molar-refractivity contribution in [3.05, 3.63) is 36.5 Å². The third kappa shape index (κ3) is 2.40. The molecule has 114 valence electrons. The molecule has 22 heavy (non-hydrogen) atoms. The number of hydrogen-bond donors (Lipinski definition) is 0. The van der Waals surface area contributed by atoms with Crippen LogP contribution >= 0.6 is 0 Å². The second-order valence-electron chi connectivity index (χ2n) is 6.30. The van der Waals surface area contributed by atoms with Gasteiger partial charge < -0.3 is 4.90 Å². The first-order valence-corrected chi connectivity index (χ1v) is 8.07. The second kappa shape index (κ2) is 5.55. The van der Waals surface area contributed by atoms with Crippen molar-refractivity contribution in [1.82, 2.24) is 19.9 Å². The number of amides is 1. The van der Waals surface area contributed by atoms with Gasteiger partial charge in [0.15, 0.2) is 0 Å². The van der Waals surface area contributed by atoms with Crippen LogP contribution in [-0.2, 0) is 4.79 Å². The maximum atomic E-state index is 12.3. The zero-order valence-corrected chi connectivity index (χ0v) is 12.6. The Hall–Kier alpha value is -2.17. The van der Waals surface area contributed by atoms with Crippen LogP contribution in [0.25, 0.3) is 11.3 Å². The fourth-order valence-electron chi connectivity index (χ4n) is 3.27. The summed E-state index contributed by atoms with van der Waals surface area (Å²) in [6, 6.07) is 10.3. The minimum Gasteiger partial charge on any atom is -0.340 e. The molecule has 2 fully saturated rings. The van der Waals surface area contributed by atoms with Gasteiger partial charge >= 0.3 is 0 Å². The lowest BCUT2D eigenvalue weighted by molar-refractivity contribution is -0.137. The van der Waals surface area contributed by atoms with Gasteiger partial charge in [0.1, 0.15) is 5.69 Å². The summed E-state index contributed by atoms with van der Waals surface area (Å²) in [6.07, 6.45) is 6.31. The Morgan fingerprint density at radius 3 is 2.68 bits per heavy atom. The normalized spacial score (nSPS) is 21.8. The lowest BCUT2D eigenvalue weighted by Crippen LogP contribution is -2.37. The number of likely N-dealkylation sites (tertiary alicyclic amines) is 1. The van der Waals surface area contributed by atoms with Gasteiger partial charge in [0.25, 0.3) is 0 Å². The van der Waals surface area contributed by atoms with Crippen LogP contribution in [-0.4, -0.2) is 38.9 Å². The molecule has 1 amide bonds. The Kier molecular flexibility index (Phi) is 3.41. The van der Waals surface area contributed by atoms with Crippen molar-refractivity contribution < 1.29 is 4.79 Å². The van der Waals surface area contributed by atoms with E-state index in [9.17, 15) is 4.79 Å². The molecule has 2 aliphatic rings. The highest BCUT2D eigenvalue weighted by atomic mass is 16.2. The summed E-state index contributed by atoms with van der Waals surface area (Å²) in [5, 5.41) is 8.55. The molecule has 0 unspecified atom stereocenters. The quantitative estimate of drug-likeness (QED) is 0.874. The number of hydrogen-bond acceptors (Lipinski definition) is 3. The average molecular weight is 296 g/mol. The predicted molar refractivity (Wildman–Crippen MR) is 83.0 cm³/mol. The highest BCUT2D eigenvalue weighted by molar-refractivity contribution is 5.79. The van der Waals surface area contributed by atoms with Gasteiger partial charge in [-0.1, -0.05) is 42.0 Å². The first-order chi connectivity index (χ1) is 10.8. The van der Waals surface area contributed by atoms with Crippen LogP contribution in [0.4, 0.5) is 0 Å². The zero-order valence-electron chi connectivity index (χ0n) is 12.6. The molecular formula is C17H20N4O. The van der Waals surface area contributed by atoms with Crippen LogP contribution in [0.2, 0.25) is 0 Å². The lowest BCUT2D eigenvalue weighted by atomic mass is 9.84. The molecule has 2 heterocycles. The smallest absolute Gasteiger partial charge is 0.225 e. The van der Waals surface area contributed by atoms with E-state index in [4.69, 9.17) is 0 Å². The number of carbonyl (C=O) groups is 1. The van der Waals surface area contributed by atoms with E-state index in [1.54, 1.807) is 0 Å². The van der Waals surface area contributed by atoms with Crippen LogP contribution in [0.5, 0.6) is 0 Å². The molecule has 1 atom stereocenters. The molecule has 0 bridgehead atoms. The van der Waals surface area contributed by atoms with E-state index in [2.05, 4.69) is 10.3 Å². The van der Waals surface area contributed by atoms with Gasteiger partial charge in [-0.05, 0) is 19.3 Å². The van der Waals surface area contributed by atoms with E-state index in [0.717, 1.165) is 43.6 Å². The van der Waals surface area contributed by atoms with E-state index in [1.807, 2.05) is 46.1 Å². The van der Waals surface area contributed by atoms with Gasteiger partial charge in [0.05, 0.1) is 12.2 Å². The van der Waals surface area contributed by atoms with Crippen LogP contribution in [0, 0.1) is 5.92 Å². The molecule has 4 rings (SSSR count). The van der Waals surface area contributed by atoms with E-state index in [1.165, 1.54) is 6.42 Å². The Morgan fingerprint density at radius 2 is 1.95 bits per heavy atom. The first kappa shape index (κ1) is 13.5. The van der Waals surface area contributed by atoms with E-state index < -0.39 is 0 Å². The second-order valence-corrected chi connectivity index (χ2v) is 6.30. The maximum Gasteiger partial charge on any atom is 0.225 e. The van der Waals surface area contributed by atoms with Gasteiger partial charge in [-0.3, -0.25) is 4.79 Å². The van der Waals surface area contributed by atoms with Gasteiger partial charge in [-0.25, -0.2) is 4.68 Å². The molecule has 0 N–H and O–H groups in total. The average Bonchev–Trinajstić information content (AvgIpc) is 3.15. The van der Waals surface area contributed by atoms with Crippen LogP contribution in [0.3, 0.4) is 0 Å². The topological polar surface area (TPSA) is 51.0 Å². The van der Waals surface area contributed by atoms with Crippen molar-refractivity contribution in [2.75, 3.05) is 13.1 Å². The molecule has 5 nitrogen and oxygen atoms in total. The number of aromatic nitrogens is 3. The fraction of sp³-hybridized carbons (Fsp3) is 0.471. The van der Waals surface area contributed by atoms with Gasteiger partial charge in [0.2, 0.25) is 5.91 Å². The largest absolute Gasteiger partial charge is 0.340 e. The molecule has 5 heteroatoms. The molecule has 1 saturated carbocycles. The summed E-state index contributed by atoms with van der Waals surface area (Å²) in [4.78, 5) is 14.3. The molecule has 0 spiro atoms. The van der Waals surface area contributed by atoms with Crippen molar-refractivity contribution in [1.29, 1.82) is 0 Å². The van der Waals surface area contributed by atoms with Gasteiger partial charge in [0, 0.05) is 24.6 Å². The van der Waals surface area contributed by atoms with Crippen molar-refractivity contribution in [3.8, 4) is 11.3 Å². The number of carbonyl (C=O) groups excluding carboxylic acids is 1. The summed E-state index contributed by atoms with van der Waals surface area (Å²) in [5.41, 5.74) is 1.97. The Balaban J connectivity index is 1.45. The molecule has 1 aromatic carbocycles. The fourth-order valence-corrected chi connectivity index (χ4v) is 3.27. The van der Waals surface area contributed by atoms with Crippen molar-refractivity contribution in [3.63, 3.8) is 0 Å². The van der Waals surface area contributed by atoms with Crippen LogP contribution in [0.15, 0.2) is 36.5 Å². The molecule has 1 aromatic heterocycles. The zero-order chi connectivity index (χ0) is 14.9. The monoisotopic (exact) mass is 296 g/mol. The van der Waals surface area contributed by atoms with Crippen LogP contribution in [0.1, 0.15) is 31.7 Å². The summed E-state index contributed by atoms with van der Waals surface area (Å²) in [6.45, 7) is 1.62. The van der Waals surface area contributed by atoms with Crippen molar-refractivity contribution >= 4 is 5.91 Å². The molecular weight excluding hydrogens is 276 g/mol.